The SMILES string of the molecule is O=C1COc2ccc(NC(=O)C3(Cc4nc5ccccc5s4)CCCC3)cc2N1. The van der Waals surface area contributed by atoms with Gasteiger partial charge in [0.1, 0.15) is 5.75 Å². The van der Waals surface area contributed by atoms with E-state index in [1.165, 1.54) is 0 Å². The number of thiazole rings is 1. The fourth-order valence-electron chi connectivity index (χ4n) is 4.25. The molecular weight excluding hydrogens is 386 g/mol. The van der Waals surface area contributed by atoms with Crippen molar-refractivity contribution in [3.05, 3.63) is 47.5 Å². The first-order chi connectivity index (χ1) is 14.1. The number of nitrogens with zero attached hydrogens (tertiary/aromatic N) is 1. The van der Waals surface area contributed by atoms with Gasteiger partial charge in [-0.2, -0.15) is 0 Å². The molecule has 2 N–H and O–H groups in total. The molecule has 1 aliphatic carbocycles. The predicted octanol–water partition coefficient (Wildman–Crippen LogP) is 4.37. The van der Waals surface area contributed by atoms with E-state index in [4.69, 9.17) is 9.72 Å². The molecule has 1 aromatic heterocycles. The van der Waals surface area contributed by atoms with Gasteiger partial charge in [-0.25, -0.2) is 4.98 Å². The van der Waals surface area contributed by atoms with Crippen LogP contribution in [0.4, 0.5) is 11.4 Å². The van der Waals surface area contributed by atoms with E-state index < -0.39 is 5.41 Å². The summed E-state index contributed by atoms with van der Waals surface area (Å²) in [5.74, 6) is 0.453. The maximum atomic E-state index is 13.3. The van der Waals surface area contributed by atoms with Crippen LogP contribution in [0.25, 0.3) is 10.2 Å². The van der Waals surface area contributed by atoms with Crippen LogP contribution in [-0.2, 0) is 16.0 Å². The van der Waals surface area contributed by atoms with E-state index in [2.05, 4.69) is 16.7 Å². The number of anilines is 2. The molecule has 1 saturated carbocycles. The maximum Gasteiger partial charge on any atom is 0.262 e. The molecule has 29 heavy (non-hydrogen) atoms. The van der Waals surface area contributed by atoms with Gasteiger partial charge in [0.25, 0.3) is 5.91 Å². The average molecular weight is 407 g/mol. The first kappa shape index (κ1) is 18.1. The molecule has 2 heterocycles. The number of nitrogens with one attached hydrogen (secondary N) is 2. The van der Waals surface area contributed by atoms with Crippen LogP contribution < -0.4 is 15.4 Å². The largest absolute Gasteiger partial charge is 0.482 e. The van der Waals surface area contributed by atoms with E-state index in [1.54, 1.807) is 23.5 Å². The van der Waals surface area contributed by atoms with Gasteiger partial charge in [0.15, 0.2) is 6.61 Å². The number of fused-ring (bicyclic) bond motifs is 2. The Labute approximate surface area is 172 Å². The molecule has 3 aromatic rings. The van der Waals surface area contributed by atoms with Crippen molar-refractivity contribution in [1.82, 2.24) is 4.98 Å². The Bertz CT molecular complexity index is 1070. The lowest BCUT2D eigenvalue weighted by atomic mass is 9.81. The normalized spacial score (nSPS) is 17.4. The Morgan fingerprint density at radius 2 is 2.03 bits per heavy atom. The number of rotatable bonds is 4. The number of hydrogen-bond acceptors (Lipinski definition) is 5. The third-order valence-corrected chi connectivity index (χ3v) is 6.78. The lowest BCUT2D eigenvalue weighted by Gasteiger charge is -2.27. The Balaban J connectivity index is 1.38. The predicted molar refractivity (Wildman–Crippen MR) is 113 cm³/mol. The van der Waals surface area contributed by atoms with Gasteiger partial charge in [-0.15, -0.1) is 11.3 Å². The van der Waals surface area contributed by atoms with Crippen molar-refractivity contribution in [3.63, 3.8) is 0 Å². The smallest absolute Gasteiger partial charge is 0.262 e. The Hall–Kier alpha value is -2.93. The van der Waals surface area contributed by atoms with E-state index in [0.29, 0.717) is 23.5 Å². The average Bonchev–Trinajstić information content (AvgIpc) is 3.35. The molecular formula is C22H21N3O3S. The standard InChI is InChI=1S/C22H21N3O3S/c26-19-13-28-17-8-7-14(11-16(17)24-19)23-21(27)22(9-3-4-10-22)12-20-25-15-5-1-2-6-18(15)29-20/h1-2,5-8,11H,3-4,9-10,12-13H2,(H,23,27)(H,24,26). The molecule has 0 unspecified atom stereocenters. The number of aromatic nitrogens is 1. The molecule has 6 nitrogen and oxygen atoms in total. The molecule has 7 heteroatoms. The number of carbonyl (C=O) groups excluding carboxylic acids is 2. The zero-order chi connectivity index (χ0) is 19.8. The molecule has 1 fully saturated rings. The van der Waals surface area contributed by atoms with Crippen LogP contribution in [0.1, 0.15) is 30.7 Å². The number of hydrogen-bond donors (Lipinski definition) is 2. The Kier molecular flexibility index (Phi) is 4.47. The highest BCUT2D eigenvalue weighted by Crippen LogP contribution is 2.43. The summed E-state index contributed by atoms with van der Waals surface area (Å²) in [6, 6.07) is 13.4. The van der Waals surface area contributed by atoms with Crippen molar-refractivity contribution in [3.8, 4) is 5.75 Å². The highest BCUT2D eigenvalue weighted by atomic mass is 32.1. The lowest BCUT2D eigenvalue weighted by Crippen LogP contribution is -2.36. The van der Waals surface area contributed by atoms with Crippen molar-refractivity contribution < 1.29 is 14.3 Å². The van der Waals surface area contributed by atoms with E-state index in [-0.39, 0.29) is 18.4 Å². The summed E-state index contributed by atoms with van der Waals surface area (Å²) in [5.41, 5.74) is 1.80. The summed E-state index contributed by atoms with van der Waals surface area (Å²) in [6.07, 6.45) is 4.47. The van der Waals surface area contributed by atoms with Crippen LogP contribution in [0.15, 0.2) is 42.5 Å². The molecule has 2 amide bonds. The quantitative estimate of drug-likeness (QED) is 0.673. The monoisotopic (exact) mass is 407 g/mol. The summed E-state index contributed by atoms with van der Waals surface area (Å²) in [6.45, 7) is 0.0178. The van der Waals surface area contributed by atoms with Gasteiger partial charge in [0.05, 0.1) is 26.3 Å². The lowest BCUT2D eigenvalue weighted by molar-refractivity contribution is -0.125. The van der Waals surface area contributed by atoms with Crippen molar-refractivity contribution in [2.24, 2.45) is 5.41 Å². The molecule has 2 aliphatic rings. The van der Waals surface area contributed by atoms with Gasteiger partial charge < -0.3 is 15.4 Å². The fourth-order valence-corrected chi connectivity index (χ4v) is 5.36. The molecule has 148 valence electrons. The molecule has 0 bridgehead atoms. The Morgan fingerprint density at radius 1 is 1.21 bits per heavy atom. The molecule has 1 aliphatic heterocycles. The minimum atomic E-state index is -0.441. The van der Waals surface area contributed by atoms with Gasteiger partial charge in [-0.1, -0.05) is 25.0 Å². The van der Waals surface area contributed by atoms with Crippen LogP contribution in [0, 0.1) is 5.41 Å². The fraction of sp³-hybridized carbons (Fsp3) is 0.318. The van der Waals surface area contributed by atoms with Crippen molar-refractivity contribution in [2.75, 3.05) is 17.2 Å². The summed E-state index contributed by atoms with van der Waals surface area (Å²) in [4.78, 5) is 29.7. The van der Waals surface area contributed by atoms with Crippen molar-refractivity contribution >= 4 is 44.7 Å². The maximum absolute atomic E-state index is 13.3. The van der Waals surface area contributed by atoms with Gasteiger partial charge in [-0.05, 0) is 43.2 Å². The zero-order valence-electron chi connectivity index (χ0n) is 15.9. The van der Waals surface area contributed by atoms with Crippen LogP contribution in [-0.4, -0.2) is 23.4 Å². The topological polar surface area (TPSA) is 80.3 Å². The number of benzene rings is 2. The van der Waals surface area contributed by atoms with E-state index in [0.717, 1.165) is 40.9 Å². The molecule has 5 rings (SSSR count). The molecule has 0 spiro atoms. The van der Waals surface area contributed by atoms with E-state index >= 15 is 0 Å². The third-order valence-electron chi connectivity index (χ3n) is 5.74. The number of amides is 2. The summed E-state index contributed by atoms with van der Waals surface area (Å²) < 4.78 is 6.55. The highest BCUT2D eigenvalue weighted by Gasteiger charge is 2.42. The minimum absolute atomic E-state index is 0.0178. The van der Waals surface area contributed by atoms with Crippen molar-refractivity contribution in [2.45, 2.75) is 32.1 Å². The van der Waals surface area contributed by atoms with Crippen LogP contribution in [0.5, 0.6) is 5.75 Å². The van der Waals surface area contributed by atoms with Crippen LogP contribution in [0.3, 0.4) is 0 Å². The Morgan fingerprint density at radius 3 is 2.86 bits per heavy atom. The second kappa shape index (κ2) is 7.15. The van der Waals surface area contributed by atoms with Crippen molar-refractivity contribution in [1.29, 1.82) is 0 Å². The summed E-state index contributed by atoms with van der Waals surface area (Å²) in [5, 5.41) is 6.87. The van der Waals surface area contributed by atoms with Gasteiger partial charge >= 0.3 is 0 Å². The zero-order valence-corrected chi connectivity index (χ0v) is 16.7. The van der Waals surface area contributed by atoms with Crippen LogP contribution >= 0.6 is 11.3 Å². The molecule has 0 radical (unpaired) electrons. The third kappa shape index (κ3) is 3.46. The first-order valence-corrected chi connectivity index (χ1v) is 10.7. The van der Waals surface area contributed by atoms with Crippen LogP contribution in [0.2, 0.25) is 0 Å². The molecule has 2 aromatic carbocycles. The number of para-hydroxylation sites is 1. The second-order valence-electron chi connectivity index (χ2n) is 7.74. The molecule has 0 atom stereocenters. The summed E-state index contributed by atoms with van der Waals surface area (Å²) >= 11 is 1.67. The minimum Gasteiger partial charge on any atom is -0.482 e. The van der Waals surface area contributed by atoms with E-state index in [1.807, 2.05) is 24.3 Å². The van der Waals surface area contributed by atoms with Gasteiger partial charge in [0.2, 0.25) is 5.91 Å². The first-order valence-electron chi connectivity index (χ1n) is 9.84. The molecule has 0 saturated heterocycles. The van der Waals surface area contributed by atoms with E-state index in [9.17, 15) is 9.59 Å². The number of carbonyl (C=O) groups is 2. The number of ether oxygens (including phenoxy) is 1. The van der Waals surface area contributed by atoms with Gasteiger partial charge in [0, 0.05) is 12.1 Å². The van der Waals surface area contributed by atoms with Gasteiger partial charge in [-0.3, -0.25) is 9.59 Å². The highest BCUT2D eigenvalue weighted by molar-refractivity contribution is 7.18. The second-order valence-corrected chi connectivity index (χ2v) is 8.86. The summed E-state index contributed by atoms with van der Waals surface area (Å²) in [7, 11) is 0.